The van der Waals surface area contributed by atoms with Gasteiger partial charge in [0.05, 0.1) is 12.7 Å². The molecule has 1 aliphatic carbocycles. The topological polar surface area (TPSA) is 24.5 Å². The van der Waals surface area contributed by atoms with Crippen LogP contribution < -0.4 is 5.32 Å². The molecule has 0 aromatic carbocycles. The zero-order chi connectivity index (χ0) is 11.0. The summed E-state index contributed by atoms with van der Waals surface area (Å²) < 4.78 is 5.87. The van der Waals surface area contributed by atoms with Gasteiger partial charge in [-0.1, -0.05) is 6.92 Å². The third-order valence-electron chi connectivity index (χ3n) is 4.64. The molecule has 2 aliphatic heterocycles. The lowest BCUT2D eigenvalue weighted by molar-refractivity contribution is -0.0658. The van der Waals surface area contributed by atoms with E-state index in [-0.39, 0.29) is 12.4 Å². The number of ether oxygens (including phenoxy) is 1. The summed E-state index contributed by atoms with van der Waals surface area (Å²) in [4.78, 5) is 2.72. The van der Waals surface area contributed by atoms with E-state index in [4.69, 9.17) is 4.74 Å². The standard InChI is InChI=1S/C13H24N2O.ClH/c1-13(5-6-14-9-13)10-15-7-8-16-12-4-2-3-11(12)15;/h11-12,14H,2-10H2,1H3;1H/t11-,12+,13?;/m1./s1. The summed E-state index contributed by atoms with van der Waals surface area (Å²) >= 11 is 0. The van der Waals surface area contributed by atoms with Gasteiger partial charge >= 0.3 is 0 Å². The number of rotatable bonds is 2. The Morgan fingerprint density at radius 3 is 3.06 bits per heavy atom. The minimum atomic E-state index is 0. The highest BCUT2D eigenvalue weighted by Crippen LogP contribution is 2.33. The fraction of sp³-hybridized carbons (Fsp3) is 1.00. The molecule has 3 atom stereocenters. The summed E-state index contributed by atoms with van der Waals surface area (Å²) in [5.41, 5.74) is 0.504. The average molecular weight is 261 g/mol. The molecule has 17 heavy (non-hydrogen) atoms. The van der Waals surface area contributed by atoms with Gasteiger partial charge < -0.3 is 10.1 Å². The first-order chi connectivity index (χ1) is 7.77. The second-order valence-corrected chi connectivity index (χ2v) is 6.12. The molecule has 0 aromatic heterocycles. The molecule has 1 saturated carbocycles. The van der Waals surface area contributed by atoms with Crippen LogP contribution in [0.5, 0.6) is 0 Å². The summed E-state index contributed by atoms with van der Waals surface area (Å²) in [6, 6.07) is 0.728. The molecule has 0 spiro atoms. The first kappa shape index (κ1) is 13.6. The minimum absolute atomic E-state index is 0. The highest BCUT2D eigenvalue weighted by molar-refractivity contribution is 5.85. The normalized spacial score (nSPS) is 42.2. The number of morpholine rings is 1. The van der Waals surface area contributed by atoms with Gasteiger partial charge in [-0.25, -0.2) is 0 Å². The zero-order valence-electron chi connectivity index (χ0n) is 10.8. The van der Waals surface area contributed by atoms with Gasteiger partial charge in [0.25, 0.3) is 0 Å². The summed E-state index contributed by atoms with van der Waals surface area (Å²) in [6.07, 6.45) is 5.89. The van der Waals surface area contributed by atoms with Crippen LogP contribution in [0.1, 0.15) is 32.6 Å². The van der Waals surface area contributed by atoms with Gasteiger partial charge in [0, 0.05) is 25.7 Å². The van der Waals surface area contributed by atoms with E-state index < -0.39 is 0 Å². The van der Waals surface area contributed by atoms with Crippen LogP contribution in [0.15, 0.2) is 0 Å². The third kappa shape index (κ3) is 2.78. The largest absolute Gasteiger partial charge is 0.375 e. The van der Waals surface area contributed by atoms with E-state index in [1.807, 2.05) is 0 Å². The molecule has 0 radical (unpaired) electrons. The molecule has 4 heteroatoms. The number of nitrogens with zero attached hydrogens (tertiary/aromatic N) is 1. The van der Waals surface area contributed by atoms with Crippen molar-refractivity contribution in [3.63, 3.8) is 0 Å². The molecule has 2 saturated heterocycles. The molecule has 1 N–H and O–H groups in total. The SMILES string of the molecule is CC1(CN2CCO[C@H]3CCC[C@H]32)CCNC1.Cl. The maximum Gasteiger partial charge on any atom is 0.0730 e. The van der Waals surface area contributed by atoms with E-state index in [2.05, 4.69) is 17.1 Å². The first-order valence-corrected chi connectivity index (χ1v) is 6.83. The third-order valence-corrected chi connectivity index (χ3v) is 4.64. The quantitative estimate of drug-likeness (QED) is 0.817. The fourth-order valence-corrected chi connectivity index (χ4v) is 3.70. The molecule has 1 unspecified atom stereocenters. The highest BCUT2D eigenvalue weighted by atomic mass is 35.5. The summed E-state index contributed by atoms with van der Waals surface area (Å²) in [5.74, 6) is 0. The van der Waals surface area contributed by atoms with Crippen LogP contribution in [0.4, 0.5) is 0 Å². The number of hydrogen-bond acceptors (Lipinski definition) is 3. The maximum atomic E-state index is 5.87. The Kier molecular flexibility index (Phi) is 4.35. The van der Waals surface area contributed by atoms with Crippen molar-refractivity contribution >= 4 is 12.4 Å². The van der Waals surface area contributed by atoms with Crippen molar-refractivity contribution in [3.05, 3.63) is 0 Å². The monoisotopic (exact) mass is 260 g/mol. The van der Waals surface area contributed by atoms with Crippen LogP contribution in [-0.4, -0.2) is 49.8 Å². The van der Waals surface area contributed by atoms with Crippen molar-refractivity contribution < 1.29 is 4.74 Å². The summed E-state index contributed by atoms with van der Waals surface area (Å²) in [7, 11) is 0. The van der Waals surface area contributed by atoms with Crippen LogP contribution in [0.3, 0.4) is 0 Å². The smallest absolute Gasteiger partial charge is 0.0730 e. The van der Waals surface area contributed by atoms with Crippen molar-refractivity contribution in [2.45, 2.75) is 44.8 Å². The fourth-order valence-electron chi connectivity index (χ4n) is 3.70. The van der Waals surface area contributed by atoms with Crippen molar-refractivity contribution in [3.8, 4) is 0 Å². The molecule has 3 fully saturated rings. The van der Waals surface area contributed by atoms with Gasteiger partial charge in [-0.2, -0.15) is 0 Å². The average Bonchev–Trinajstić information content (AvgIpc) is 2.87. The Labute approximate surface area is 111 Å². The van der Waals surface area contributed by atoms with E-state index in [0.29, 0.717) is 11.5 Å². The molecule has 0 amide bonds. The molecule has 3 nitrogen and oxygen atoms in total. The maximum absolute atomic E-state index is 5.87. The summed E-state index contributed by atoms with van der Waals surface area (Å²) in [5, 5.41) is 3.50. The Morgan fingerprint density at radius 1 is 1.41 bits per heavy atom. The lowest BCUT2D eigenvalue weighted by Crippen LogP contribution is -2.52. The van der Waals surface area contributed by atoms with Crippen molar-refractivity contribution in [2.75, 3.05) is 32.8 Å². The lowest BCUT2D eigenvalue weighted by atomic mass is 9.88. The summed E-state index contributed by atoms with van der Waals surface area (Å²) in [6.45, 7) is 8.20. The second kappa shape index (κ2) is 5.43. The van der Waals surface area contributed by atoms with Gasteiger partial charge in [-0.15, -0.1) is 12.4 Å². The Hall–Kier alpha value is 0.170. The Balaban J connectivity index is 0.00000108. The first-order valence-electron chi connectivity index (χ1n) is 6.83. The molecule has 3 rings (SSSR count). The second-order valence-electron chi connectivity index (χ2n) is 6.12. The predicted octanol–water partition coefficient (Wildman–Crippen LogP) is 1.66. The van der Waals surface area contributed by atoms with Gasteiger partial charge in [0.2, 0.25) is 0 Å². The van der Waals surface area contributed by atoms with Crippen LogP contribution in [0.2, 0.25) is 0 Å². The molecular formula is C13H25ClN2O. The Morgan fingerprint density at radius 2 is 2.29 bits per heavy atom. The van der Waals surface area contributed by atoms with Crippen LogP contribution in [0.25, 0.3) is 0 Å². The van der Waals surface area contributed by atoms with Gasteiger partial charge in [-0.05, 0) is 37.6 Å². The zero-order valence-corrected chi connectivity index (χ0v) is 11.6. The number of hydrogen-bond donors (Lipinski definition) is 1. The molecule has 0 bridgehead atoms. The van der Waals surface area contributed by atoms with E-state index in [1.165, 1.54) is 45.3 Å². The predicted molar refractivity (Wildman–Crippen MR) is 71.8 cm³/mol. The highest BCUT2D eigenvalue weighted by Gasteiger charge is 2.39. The van der Waals surface area contributed by atoms with Crippen LogP contribution >= 0.6 is 12.4 Å². The van der Waals surface area contributed by atoms with Gasteiger partial charge in [-0.3, -0.25) is 4.90 Å². The van der Waals surface area contributed by atoms with E-state index in [9.17, 15) is 0 Å². The van der Waals surface area contributed by atoms with Gasteiger partial charge in [0.15, 0.2) is 0 Å². The minimum Gasteiger partial charge on any atom is -0.375 e. The number of fused-ring (bicyclic) bond motifs is 1. The van der Waals surface area contributed by atoms with E-state index in [1.54, 1.807) is 0 Å². The van der Waals surface area contributed by atoms with Gasteiger partial charge in [0.1, 0.15) is 0 Å². The van der Waals surface area contributed by atoms with E-state index >= 15 is 0 Å². The van der Waals surface area contributed by atoms with E-state index in [0.717, 1.165) is 19.2 Å². The molecule has 3 aliphatic rings. The Bertz CT molecular complexity index is 256. The van der Waals surface area contributed by atoms with Crippen molar-refractivity contribution in [1.29, 1.82) is 0 Å². The number of halogens is 1. The molecule has 2 heterocycles. The molecule has 0 aromatic rings. The van der Waals surface area contributed by atoms with Crippen molar-refractivity contribution in [1.82, 2.24) is 10.2 Å². The number of nitrogens with one attached hydrogen (secondary N) is 1. The molecular weight excluding hydrogens is 236 g/mol. The van der Waals surface area contributed by atoms with Crippen molar-refractivity contribution in [2.24, 2.45) is 5.41 Å². The van der Waals surface area contributed by atoms with Crippen LogP contribution in [0, 0.1) is 5.41 Å². The molecule has 100 valence electrons. The van der Waals surface area contributed by atoms with Crippen LogP contribution in [-0.2, 0) is 4.74 Å². The lowest BCUT2D eigenvalue weighted by Gasteiger charge is -2.41.